The van der Waals surface area contributed by atoms with E-state index in [2.05, 4.69) is 15.3 Å². The number of ether oxygens (including phenoxy) is 3. The highest BCUT2D eigenvalue weighted by molar-refractivity contribution is 5.96. The number of benzene rings is 2. The minimum absolute atomic E-state index is 0.582. The van der Waals surface area contributed by atoms with Crippen molar-refractivity contribution in [1.82, 2.24) is 9.97 Å². The Morgan fingerprint density at radius 3 is 2.54 bits per heavy atom. The first-order chi connectivity index (χ1) is 11.8. The SMILES string of the molecule is CCOc1ccccc1Nc1ncnc2c(OC)c(OC)ccc12. The minimum atomic E-state index is 0.582. The van der Waals surface area contributed by atoms with E-state index in [4.69, 9.17) is 14.2 Å². The zero-order valence-electron chi connectivity index (χ0n) is 13.9. The summed E-state index contributed by atoms with van der Waals surface area (Å²) in [5.41, 5.74) is 1.53. The van der Waals surface area contributed by atoms with Crippen molar-refractivity contribution in [1.29, 1.82) is 0 Å². The molecule has 0 spiro atoms. The Labute approximate surface area is 140 Å². The third kappa shape index (κ3) is 2.90. The van der Waals surface area contributed by atoms with Crippen LogP contribution in [0.5, 0.6) is 17.2 Å². The molecule has 0 fully saturated rings. The predicted molar refractivity (Wildman–Crippen MR) is 93.5 cm³/mol. The Hall–Kier alpha value is -3.02. The molecule has 6 heteroatoms. The number of anilines is 2. The number of aromatic nitrogens is 2. The van der Waals surface area contributed by atoms with Crippen LogP contribution in [0.1, 0.15) is 6.92 Å². The predicted octanol–water partition coefficient (Wildman–Crippen LogP) is 3.79. The van der Waals surface area contributed by atoms with Crippen LogP contribution in [0.15, 0.2) is 42.7 Å². The maximum Gasteiger partial charge on any atom is 0.187 e. The highest BCUT2D eigenvalue weighted by atomic mass is 16.5. The molecule has 3 aromatic rings. The first-order valence-corrected chi connectivity index (χ1v) is 7.63. The van der Waals surface area contributed by atoms with Gasteiger partial charge >= 0.3 is 0 Å². The molecule has 2 aromatic carbocycles. The van der Waals surface area contributed by atoms with E-state index in [1.165, 1.54) is 6.33 Å². The van der Waals surface area contributed by atoms with Crippen molar-refractivity contribution < 1.29 is 14.2 Å². The minimum Gasteiger partial charge on any atom is -0.493 e. The van der Waals surface area contributed by atoms with Gasteiger partial charge in [0, 0.05) is 5.39 Å². The molecule has 0 atom stereocenters. The van der Waals surface area contributed by atoms with Gasteiger partial charge < -0.3 is 19.5 Å². The normalized spacial score (nSPS) is 10.5. The van der Waals surface area contributed by atoms with Crippen LogP contribution < -0.4 is 19.5 Å². The molecule has 0 bridgehead atoms. The summed E-state index contributed by atoms with van der Waals surface area (Å²) in [4.78, 5) is 8.69. The van der Waals surface area contributed by atoms with Gasteiger partial charge in [-0.3, -0.25) is 0 Å². The Morgan fingerprint density at radius 2 is 1.79 bits per heavy atom. The van der Waals surface area contributed by atoms with Crippen molar-refractivity contribution >= 4 is 22.4 Å². The Morgan fingerprint density at radius 1 is 0.958 bits per heavy atom. The van der Waals surface area contributed by atoms with E-state index in [-0.39, 0.29) is 0 Å². The van der Waals surface area contributed by atoms with Crippen LogP contribution in [0.25, 0.3) is 10.9 Å². The van der Waals surface area contributed by atoms with Crippen molar-refractivity contribution in [2.45, 2.75) is 6.92 Å². The Balaban J connectivity index is 2.08. The summed E-state index contributed by atoms with van der Waals surface area (Å²) in [6, 6.07) is 11.5. The molecule has 0 saturated heterocycles. The van der Waals surface area contributed by atoms with Gasteiger partial charge in [-0.15, -0.1) is 0 Å². The van der Waals surface area contributed by atoms with Gasteiger partial charge in [-0.1, -0.05) is 12.1 Å². The van der Waals surface area contributed by atoms with E-state index in [1.807, 2.05) is 43.3 Å². The molecule has 1 heterocycles. The summed E-state index contributed by atoms with van der Waals surface area (Å²) in [6.45, 7) is 2.54. The fourth-order valence-electron chi connectivity index (χ4n) is 2.52. The van der Waals surface area contributed by atoms with Crippen molar-refractivity contribution in [2.75, 3.05) is 26.1 Å². The highest BCUT2D eigenvalue weighted by Gasteiger charge is 2.14. The number of methoxy groups -OCH3 is 2. The second-order valence-electron chi connectivity index (χ2n) is 4.97. The van der Waals surface area contributed by atoms with E-state index >= 15 is 0 Å². The lowest BCUT2D eigenvalue weighted by Gasteiger charge is -2.14. The van der Waals surface area contributed by atoms with Crippen LogP contribution in [0.2, 0.25) is 0 Å². The summed E-state index contributed by atoms with van der Waals surface area (Å²) in [6.07, 6.45) is 1.50. The van der Waals surface area contributed by atoms with Gasteiger partial charge in [0.25, 0.3) is 0 Å². The molecule has 0 saturated carbocycles. The fourth-order valence-corrected chi connectivity index (χ4v) is 2.52. The number of fused-ring (bicyclic) bond motifs is 1. The molecule has 3 rings (SSSR count). The molecule has 124 valence electrons. The zero-order chi connectivity index (χ0) is 16.9. The van der Waals surface area contributed by atoms with Crippen molar-refractivity contribution in [3.8, 4) is 17.2 Å². The van der Waals surface area contributed by atoms with Crippen LogP contribution in [0, 0.1) is 0 Å². The summed E-state index contributed by atoms with van der Waals surface area (Å²) in [7, 11) is 3.19. The molecule has 0 amide bonds. The van der Waals surface area contributed by atoms with Crippen molar-refractivity contribution in [3.63, 3.8) is 0 Å². The number of nitrogens with one attached hydrogen (secondary N) is 1. The summed E-state index contributed by atoms with van der Waals surface area (Å²) in [5.74, 6) is 2.66. The fraction of sp³-hybridized carbons (Fsp3) is 0.222. The molecule has 0 aliphatic heterocycles. The Bertz CT molecular complexity index is 852. The lowest BCUT2D eigenvalue weighted by molar-refractivity contribution is 0.342. The first-order valence-electron chi connectivity index (χ1n) is 7.63. The van der Waals surface area contributed by atoms with Gasteiger partial charge in [0.1, 0.15) is 23.4 Å². The number of hydrogen-bond donors (Lipinski definition) is 1. The van der Waals surface area contributed by atoms with Crippen molar-refractivity contribution in [2.24, 2.45) is 0 Å². The molecule has 24 heavy (non-hydrogen) atoms. The van der Waals surface area contributed by atoms with E-state index in [0.717, 1.165) is 16.8 Å². The molecule has 0 unspecified atom stereocenters. The van der Waals surface area contributed by atoms with E-state index in [1.54, 1.807) is 14.2 Å². The monoisotopic (exact) mass is 325 g/mol. The molecule has 0 radical (unpaired) electrons. The number of para-hydroxylation sites is 2. The summed E-state index contributed by atoms with van der Waals surface area (Å²) in [5, 5.41) is 4.15. The van der Waals surface area contributed by atoms with Crippen LogP contribution in [-0.4, -0.2) is 30.8 Å². The van der Waals surface area contributed by atoms with E-state index in [0.29, 0.717) is 29.4 Å². The average molecular weight is 325 g/mol. The summed E-state index contributed by atoms with van der Waals surface area (Å²) < 4.78 is 16.4. The topological polar surface area (TPSA) is 65.5 Å². The zero-order valence-corrected chi connectivity index (χ0v) is 13.9. The van der Waals surface area contributed by atoms with Crippen LogP contribution in [0.4, 0.5) is 11.5 Å². The number of nitrogens with zero attached hydrogens (tertiary/aromatic N) is 2. The first kappa shape index (κ1) is 15.9. The van der Waals surface area contributed by atoms with Crippen LogP contribution in [-0.2, 0) is 0 Å². The standard InChI is InChI=1S/C18H19N3O3/c1-4-24-14-8-6-5-7-13(14)21-18-12-9-10-15(22-2)17(23-3)16(12)19-11-20-18/h5-11H,4H2,1-3H3,(H,19,20,21). The molecule has 0 aliphatic carbocycles. The molecular formula is C18H19N3O3. The maximum absolute atomic E-state index is 5.65. The second kappa shape index (κ2) is 7.04. The average Bonchev–Trinajstić information content (AvgIpc) is 2.62. The third-order valence-corrected chi connectivity index (χ3v) is 3.59. The maximum atomic E-state index is 5.65. The number of rotatable bonds is 6. The highest BCUT2D eigenvalue weighted by Crippen LogP contribution is 2.37. The van der Waals surface area contributed by atoms with E-state index in [9.17, 15) is 0 Å². The van der Waals surface area contributed by atoms with Gasteiger partial charge in [-0.05, 0) is 31.2 Å². The summed E-state index contributed by atoms with van der Waals surface area (Å²) >= 11 is 0. The third-order valence-electron chi connectivity index (χ3n) is 3.59. The second-order valence-corrected chi connectivity index (χ2v) is 4.97. The van der Waals surface area contributed by atoms with Crippen LogP contribution >= 0.6 is 0 Å². The van der Waals surface area contributed by atoms with Gasteiger partial charge in [0.05, 0.1) is 26.5 Å². The number of hydrogen-bond acceptors (Lipinski definition) is 6. The van der Waals surface area contributed by atoms with E-state index < -0.39 is 0 Å². The van der Waals surface area contributed by atoms with Gasteiger partial charge in [0.15, 0.2) is 11.5 Å². The Kier molecular flexibility index (Phi) is 4.65. The van der Waals surface area contributed by atoms with Crippen LogP contribution in [0.3, 0.4) is 0 Å². The lowest BCUT2D eigenvalue weighted by Crippen LogP contribution is -2.01. The molecule has 1 aromatic heterocycles. The molecular weight excluding hydrogens is 306 g/mol. The smallest absolute Gasteiger partial charge is 0.187 e. The molecule has 6 nitrogen and oxygen atoms in total. The molecule has 0 aliphatic rings. The van der Waals surface area contributed by atoms with Crippen molar-refractivity contribution in [3.05, 3.63) is 42.7 Å². The van der Waals surface area contributed by atoms with Gasteiger partial charge in [0.2, 0.25) is 0 Å². The van der Waals surface area contributed by atoms with Gasteiger partial charge in [-0.2, -0.15) is 0 Å². The quantitative estimate of drug-likeness (QED) is 0.744. The molecule has 1 N–H and O–H groups in total. The van der Waals surface area contributed by atoms with Gasteiger partial charge in [-0.25, -0.2) is 9.97 Å². The largest absolute Gasteiger partial charge is 0.493 e. The lowest BCUT2D eigenvalue weighted by atomic mass is 10.2.